The predicted molar refractivity (Wildman–Crippen MR) is 79.7 cm³/mol. The van der Waals surface area contributed by atoms with Crippen LogP contribution in [0.25, 0.3) is 10.9 Å². The number of rotatable bonds is 4. The van der Waals surface area contributed by atoms with Crippen LogP contribution in [0.4, 0.5) is 4.79 Å². The van der Waals surface area contributed by atoms with Gasteiger partial charge in [-0.2, -0.15) is 0 Å². The number of aliphatic hydroxyl groups is 1. The summed E-state index contributed by atoms with van der Waals surface area (Å²) in [5.41, 5.74) is 1.90. The second-order valence-electron chi connectivity index (χ2n) is 5.41. The van der Waals surface area contributed by atoms with Gasteiger partial charge in [0.25, 0.3) is 0 Å². The van der Waals surface area contributed by atoms with E-state index < -0.39 is 6.09 Å². The molecule has 2 N–H and O–H groups in total. The average Bonchev–Trinajstić information content (AvgIpc) is 2.91. The van der Waals surface area contributed by atoms with Gasteiger partial charge in [-0.1, -0.05) is 6.07 Å². The molecule has 1 aromatic carbocycles. The Morgan fingerprint density at radius 3 is 2.91 bits per heavy atom. The van der Waals surface area contributed by atoms with Crippen molar-refractivity contribution in [3.63, 3.8) is 0 Å². The van der Waals surface area contributed by atoms with Gasteiger partial charge >= 0.3 is 6.09 Å². The molecule has 22 heavy (non-hydrogen) atoms. The Labute approximate surface area is 127 Å². The molecule has 1 saturated heterocycles. The van der Waals surface area contributed by atoms with E-state index in [1.165, 1.54) is 4.57 Å². The van der Waals surface area contributed by atoms with Crippen LogP contribution >= 0.6 is 0 Å². The summed E-state index contributed by atoms with van der Waals surface area (Å²) in [6.07, 6.45) is 1.63. The molecule has 2 heterocycles. The third-order valence-corrected chi connectivity index (χ3v) is 3.87. The minimum Gasteiger partial charge on any atom is -0.464 e. The molecular formula is C16H19NO5. The van der Waals surface area contributed by atoms with Crippen molar-refractivity contribution in [2.24, 2.45) is 0 Å². The van der Waals surface area contributed by atoms with Crippen molar-refractivity contribution >= 4 is 17.0 Å². The summed E-state index contributed by atoms with van der Waals surface area (Å²) in [5, 5.41) is 19.4. The molecule has 1 fully saturated rings. The van der Waals surface area contributed by atoms with Crippen molar-refractivity contribution in [3.05, 3.63) is 35.5 Å². The quantitative estimate of drug-likeness (QED) is 0.907. The van der Waals surface area contributed by atoms with Crippen LogP contribution in [-0.4, -0.2) is 33.8 Å². The Morgan fingerprint density at radius 1 is 1.36 bits per heavy atom. The fraction of sp³-hybridized carbons (Fsp3) is 0.438. The van der Waals surface area contributed by atoms with E-state index in [0.29, 0.717) is 17.8 Å². The van der Waals surface area contributed by atoms with Gasteiger partial charge in [0.1, 0.15) is 0 Å². The Kier molecular flexibility index (Phi) is 4.42. The summed E-state index contributed by atoms with van der Waals surface area (Å²) in [6, 6.07) is 6.99. The summed E-state index contributed by atoms with van der Waals surface area (Å²) >= 11 is 0. The number of aromatic nitrogens is 1. The highest BCUT2D eigenvalue weighted by Crippen LogP contribution is 2.23. The monoisotopic (exact) mass is 305 g/mol. The smallest absolute Gasteiger partial charge is 0.416 e. The number of nitrogens with zero attached hydrogens (tertiary/aromatic N) is 1. The number of aliphatic hydroxyl groups excluding tert-OH is 1. The van der Waals surface area contributed by atoms with Crippen molar-refractivity contribution in [2.75, 3.05) is 6.61 Å². The highest BCUT2D eigenvalue weighted by atomic mass is 16.7. The van der Waals surface area contributed by atoms with Crippen molar-refractivity contribution < 1.29 is 24.5 Å². The summed E-state index contributed by atoms with van der Waals surface area (Å²) in [6.45, 7) is 0.794. The van der Waals surface area contributed by atoms with E-state index in [-0.39, 0.29) is 19.5 Å². The summed E-state index contributed by atoms with van der Waals surface area (Å²) in [7, 11) is 0. The van der Waals surface area contributed by atoms with Gasteiger partial charge in [0.05, 0.1) is 24.4 Å². The molecular weight excluding hydrogens is 286 g/mol. The minimum absolute atomic E-state index is 0.0735. The van der Waals surface area contributed by atoms with Crippen LogP contribution in [0.1, 0.15) is 30.5 Å². The number of ether oxygens (including phenoxy) is 2. The van der Waals surface area contributed by atoms with Crippen molar-refractivity contribution in [3.8, 4) is 0 Å². The third kappa shape index (κ3) is 2.99. The number of carboxylic acid groups (broad SMARTS) is 1. The normalized spacial score (nSPS) is 18.7. The van der Waals surface area contributed by atoms with Crippen molar-refractivity contribution in [1.29, 1.82) is 0 Å². The molecule has 1 aliphatic rings. The van der Waals surface area contributed by atoms with Gasteiger partial charge in [-0.25, -0.2) is 9.36 Å². The maximum absolute atomic E-state index is 11.5. The molecule has 0 saturated carbocycles. The van der Waals surface area contributed by atoms with Crippen LogP contribution in [0.15, 0.2) is 24.3 Å². The molecule has 3 rings (SSSR count). The summed E-state index contributed by atoms with van der Waals surface area (Å²) in [4.78, 5) is 11.5. The van der Waals surface area contributed by atoms with E-state index in [2.05, 4.69) is 0 Å². The lowest BCUT2D eigenvalue weighted by atomic mass is 10.1. The molecule has 1 aliphatic heterocycles. The zero-order chi connectivity index (χ0) is 15.5. The van der Waals surface area contributed by atoms with Crippen LogP contribution in [0, 0.1) is 0 Å². The molecule has 0 radical (unpaired) electrons. The Bertz CT molecular complexity index is 672. The van der Waals surface area contributed by atoms with E-state index in [0.717, 1.165) is 30.2 Å². The van der Waals surface area contributed by atoms with Gasteiger partial charge in [-0.15, -0.1) is 0 Å². The molecule has 1 unspecified atom stereocenters. The molecule has 1 atom stereocenters. The highest BCUT2D eigenvalue weighted by molar-refractivity contribution is 5.90. The van der Waals surface area contributed by atoms with Gasteiger partial charge < -0.3 is 19.7 Å². The molecule has 2 aromatic rings. The molecule has 0 spiro atoms. The molecule has 1 aromatic heterocycles. The van der Waals surface area contributed by atoms with E-state index in [4.69, 9.17) is 9.47 Å². The molecule has 6 nitrogen and oxygen atoms in total. The number of hydrogen-bond donors (Lipinski definition) is 2. The van der Waals surface area contributed by atoms with Crippen molar-refractivity contribution in [2.45, 2.75) is 38.8 Å². The van der Waals surface area contributed by atoms with Gasteiger partial charge in [0.15, 0.2) is 6.29 Å². The molecule has 6 heteroatoms. The van der Waals surface area contributed by atoms with E-state index in [1.807, 2.05) is 0 Å². The maximum Gasteiger partial charge on any atom is 0.416 e. The first-order chi connectivity index (χ1) is 10.7. The first-order valence-electron chi connectivity index (χ1n) is 7.39. The maximum atomic E-state index is 11.5. The standard InChI is InChI=1S/C16H19NO5/c18-9-11-4-5-14-12(7-11)8-13(17(14)16(19)20)10-22-15-3-1-2-6-21-15/h4-5,7-8,15,18H,1-3,6,9-10H2,(H,19,20). The van der Waals surface area contributed by atoms with Crippen molar-refractivity contribution in [1.82, 2.24) is 4.57 Å². The fourth-order valence-electron chi connectivity index (χ4n) is 2.77. The summed E-state index contributed by atoms with van der Waals surface area (Å²) < 4.78 is 12.4. The van der Waals surface area contributed by atoms with Crippen LogP contribution in [0.5, 0.6) is 0 Å². The second kappa shape index (κ2) is 6.48. The van der Waals surface area contributed by atoms with Gasteiger partial charge in [-0.05, 0) is 43.0 Å². The van der Waals surface area contributed by atoms with Crippen LogP contribution < -0.4 is 0 Å². The molecule has 118 valence electrons. The zero-order valence-electron chi connectivity index (χ0n) is 12.2. The summed E-state index contributed by atoms with van der Waals surface area (Å²) in [5.74, 6) is 0. The van der Waals surface area contributed by atoms with Gasteiger partial charge in [0.2, 0.25) is 0 Å². The highest BCUT2D eigenvalue weighted by Gasteiger charge is 2.18. The SMILES string of the molecule is O=C(O)n1c(COC2CCCCO2)cc2cc(CO)ccc21. The minimum atomic E-state index is -1.05. The lowest BCUT2D eigenvalue weighted by molar-refractivity contribution is -0.169. The van der Waals surface area contributed by atoms with E-state index >= 15 is 0 Å². The molecule has 0 amide bonds. The first kappa shape index (κ1) is 15.0. The topological polar surface area (TPSA) is 80.9 Å². The largest absolute Gasteiger partial charge is 0.464 e. The van der Waals surface area contributed by atoms with Crippen LogP contribution in [0.3, 0.4) is 0 Å². The first-order valence-corrected chi connectivity index (χ1v) is 7.39. The number of carbonyl (C=O) groups is 1. The Hall–Kier alpha value is -1.89. The molecule has 0 aliphatic carbocycles. The van der Waals surface area contributed by atoms with E-state index in [1.54, 1.807) is 24.3 Å². The second-order valence-corrected chi connectivity index (χ2v) is 5.41. The zero-order valence-corrected chi connectivity index (χ0v) is 12.2. The van der Waals surface area contributed by atoms with Gasteiger partial charge in [-0.3, -0.25) is 0 Å². The lowest BCUT2D eigenvalue weighted by Crippen LogP contribution is -2.23. The van der Waals surface area contributed by atoms with Crippen LogP contribution in [0.2, 0.25) is 0 Å². The van der Waals surface area contributed by atoms with Gasteiger partial charge in [0, 0.05) is 12.0 Å². The Morgan fingerprint density at radius 2 is 2.23 bits per heavy atom. The fourth-order valence-corrected chi connectivity index (χ4v) is 2.77. The average molecular weight is 305 g/mol. The molecule has 0 bridgehead atoms. The number of fused-ring (bicyclic) bond motifs is 1. The van der Waals surface area contributed by atoms with E-state index in [9.17, 15) is 15.0 Å². The third-order valence-electron chi connectivity index (χ3n) is 3.87. The lowest BCUT2D eigenvalue weighted by Gasteiger charge is -2.22. The van der Waals surface area contributed by atoms with Crippen LogP contribution in [-0.2, 0) is 22.7 Å². The number of hydrogen-bond acceptors (Lipinski definition) is 4. The number of benzene rings is 1. The predicted octanol–water partition coefficient (Wildman–Crippen LogP) is 2.70. The Balaban J connectivity index is 1.86.